The molecule has 1 fully saturated rings. The van der Waals surface area contributed by atoms with Crippen LogP contribution in [0.2, 0.25) is 0 Å². The van der Waals surface area contributed by atoms with E-state index in [-0.39, 0.29) is 0 Å². The lowest BCUT2D eigenvalue weighted by molar-refractivity contribution is 0.219. The standard InChI is InChI=1S/C14H21NO/c1-15-8-6-12(7-9-15)10-13-4-3-5-14(11-13)16-2/h3-5,11-12H,6-10H2,1-2H3. The third kappa shape index (κ3) is 2.99. The van der Waals surface area contributed by atoms with Gasteiger partial charge in [0.1, 0.15) is 5.75 Å². The molecule has 0 aromatic heterocycles. The zero-order valence-electron chi connectivity index (χ0n) is 10.3. The number of piperidine rings is 1. The lowest BCUT2D eigenvalue weighted by Crippen LogP contribution is -2.30. The molecular weight excluding hydrogens is 198 g/mol. The van der Waals surface area contributed by atoms with Crippen molar-refractivity contribution in [3.05, 3.63) is 29.8 Å². The van der Waals surface area contributed by atoms with E-state index in [2.05, 4.69) is 30.1 Å². The fourth-order valence-electron chi connectivity index (χ4n) is 2.40. The van der Waals surface area contributed by atoms with Crippen molar-refractivity contribution in [1.82, 2.24) is 4.90 Å². The molecule has 0 amide bonds. The molecule has 1 saturated heterocycles. The molecular formula is C14H21NO. The van der Waals surface area contributed by atoms with E-state index >= 15 is 0 Å². The van der Waals surface area contributed by atoms with Crippen molar-refractivity contribution < 1.29 is 4.74 Å². The van der Waals surface area contributed by atoms with Crippen molar-refractivity contribution in [3.8, 4) is 5.75 Å². The van der Waals surface area contributed by atoms with E-state index in [1.54, 1.807) is 7.11 Å². The van der Waals surface area contributed by atoms with Crippen LogP contribution in [0.5, 0.6) is 5.75 Å². The van der Waals surface area contributed by atoms with Gasteiger partial charge in [0.2, 0.25) is 0 Å². The number of nitrogens with zero attached hydrogens (tertiary/aromatic N) is 1. The number of benzene rings is 1. The number of methoxy groups -OCH3 is 1. The van der Waals surface area contributed by atoms with Gasteiger partial charge in [0.25, 0.3) is 0 Å². The van der Waals surface area contributed by atoms with Crippen LogP contribution in [-0.2, 0) is 6.42 Å². The second-order valence-electron chi connectivity index (χ2n) is 4.80. The fraction of sp³-hybridized carbons (Fsp3) is 0.571. The molecule has 0 radical (unpaired) electrons. The lowest BCUT2D eigenvalue weighted by atomic mass is 9.90. The highest BCUT2D eigenvalue weighted by Crippen LogP contribution is 2.22. The van der Waals surface area contributed by atoms with Gasteiger partial charge >= 0.3 is 0 Å². The Balaban J connectivity index is 1.93. The summed E-state index contributed by atoms with van der Waals surface area (Å²) < 4.78 is 5.25. The molecule has 1 aliphatic rings. The Kier molecular flexibility index (Phi) is 3.83. The van der Waals surface area contributed by atoms with Gasteiger partial charge in [-0.2, -0.15) is 0 Å². The highest BCUT2D eigenvalue weighted by Gasteiger charge is 2.16. The molecule has 0 unspecified atom stereocenters. The summed E-state index contributed by atoms with van der Waals surface area (Å²) in [5, 5.41) is 0. The Labute approximate surface area is 98.2 Å². The highest BCUT2D eigenvalue weighted by molar-refractivity contribution is 5.28. The summed E-state index contributed by atoms with van der Waals surface area (Å²) in [4.78, 5) is 2.42. The number of hydrogen-bond acceptors (Lipinski definition) is 2. The van der Waals surface area contributed by atoms with Crippen LogP contribution in [0, 0.1) is 5.92 Å². The number of ether oxygens (including phenoxy) is 1. The molecule has 0 N–H and O–H groups in total. The maximum Gasteiger partial charge on any atom is 0.119 e. The van der Waals surface area contributed by atoms with Crippen LogP contribution in [0.15, 0.2) is 24.3 Å². The van der Waals surface area contributed by atoms with E-state index in [0.717, 1.165) is 11.7 Å². The van der Waals surface area contributed by atoms with Crippen LogP contribution in [0.1, 0.15) is 18.4 Å². The molecule has 2 rings (SSSR count). The lowest BCUT2D eigenvalue weighted by Gasteiger charge is -2.29. The summed E-state index contributed by atoms with van der Waals surface area (Å²) >= 11 is 0. The van der Waals surface area contributed by atoms with E-state index in [9.17, 15) is 0 Å². The molecule has 16 heavy (non-hydrogen) atoms. The first-order valence-corrected chi connectivity index (χ1v) is 6.09. The van der Waals surface area contributed by atoms with Crippen LogP contribution in [0.4, 0.5) is 0 Å². The predicted molar refractivity (Wildman–Crippen MR) is 66.9 cm³/mol. The molecule has 88 valence electrons. The second-order valence-corrected chi connectivity index (χ2v) is 4.80. The van der Waals surface area contributed by atoms with Gasteiger partial charge in [-0.05, 0) is 63.0 Å². The number of rotatable bonds is 3. The molecule has 2 nitrogen and oxygen atoms in total. The van der Waals surface area contributed by atoms with E-state index < -0.39 is 0 Å². The van der Waals surface area contributed by atoms with Gasteiger partial charge in [-0.15, -0.1) is 0 Å². The second kappa shape index (κ2) is 5.35. The molecule has 1 aromatic carbocycles. The summed E-state index contributed by atoms with van der Waals surface area (Å²) in [6, 6.07) is 8.47. The van der Waals surface area contributed by atoms with Crippen LogP contribution in [-0.4, -0.2) is 32.1 Å². The maximum absolute atomic E-state index is 5.25. The van der Waals surface area contributed by atoms with Gasteiger partial charge in [0.15, 0.2) is 0 Å². The summed E-state index contributed by atoms with van der Waals surface area (Å²) in [5.41, 5.74) is 1.41. The minimum absolute atomic E-state index is 0.850. The predicted octanol–water partition coefficient (Wildman–Crippen LogP) is 2.58. The van der Waals surface area contributed by atoms with Gasteiger partial charge in [0.05, 0.1) is 7.11 Å². The Morgan fingerprint density at radius 1 is 1.31 bits per heavy atom. The molecule has 0 atom stereocenters. The molecule has 1 aromatic rings. The first-order chi connectivity index (χ1) is 7.78. The van der Waals surface area contributed by atoms with Gasteiger partial charge in [-0.25, -0.2) is 0 Å². The first-order valence-electron chi connectivity index (χ1n) is 6.09. The number of hydrogen-bond donors (Lipinski definition) is 0. The molecule has 0 saturated carbocycles. The monoisotopic (exact) mass is 219 g/mol. The Morgan fingerprint density at radius 3 is 2.75 bits per heavy atom. The van der Waals surface area contributed by atoms with Gasteiger partial charge < -0.3 is 9.64 Å². The Hall–Kier alpha value is -1.02. The minimum atomic E-state index is 0.850. The minimum Gasteiger partial charge on any atom is -0.497 e. The largest absolute Gasteiger partial charge is 0.497 e. The zero-order chi connectivity index (χ0) is 11.4. The molecule has 2 heteroatoms. The van der Waals surface area contributed by atoms with Crippen molar-refractivity contribution in [2.24, 2.45) is 5.92 Å². The first kappa shape index (κ1) is 11.5. The van der Waals surface area contributed by atoms with Crippen molar-refractivity contribution in [2.75, 3.05) is 27.2 Å². The van der Waals surface area contributed by atoms with E-state index in [0.29, 0.717) is 0 Å². The maximum atomic E-state index is 5.25. The smallest absolute Gasteiger partial charge is 0.119 e. The topological polar surface area (TPSA) is 12.5 Å². The molecule has 1 heterocycles. The van der Waals surface area contributed by atoms with Crippen LogP contribution in [0.25, 0.3) is 0 Å². The van der Waals surface area contributed by atoms with Crippen LogP contribution in [0.3, 0.4) is 0 Å². The average molecular weight is 219 g/mol. The summed E-state index contributed by atoms with van der Waals surface area (Å²) in [6.45, 7) is 2.49. The third-order valence-corrected chi connectivity index (χ3v) is 3.50. The molecule has 0 spiro atoms. The van der Waals surface area contributed by atoms with E-state index in [1.807, 2.05) is 6.07 Å². The number of likely N-dealkylation sites (tertiary alicyclic amines) is 1. The summed E-state index contributed by atoms with van der Waals surface area (Å²) in [7, 11) is 3.94. The zero-order valence-corrected chi connectivity index (χ0v) is 10.3. The fourth-order valence-corrected chi connectivity index (χ4v) is 2.40. The Morgan fingerprint density at radius 2 is 2.06 bits per heavy atom. The van der Waals surface area contributed by atoms with Gasteiger partial charge in [0, 0.05) is 0 Å². The van der Waals surface area contributed by atoms with Crippen LogP contribution < -0.4 is 4.74 Å². The normalized spacial score (nSPS) is 18.6. The Bertz CT molecular complexity index is 329. The average Bonchev–Trinajstić information content (AvgIpc) is 2.32. The third-order valence-electron chi connectivity index (χ3n) is 3.50. The van der Waals surface area contributed by atoms with Crippen molar-refractivity contribution in [2.45, 2.75) is 19.3 Å². The quantitative estimate of drug-likeness (QED) is 0.774. The van der Waals surface area contributed by atoms with Crippen LogP contribution >= 0.6 is 0 Å². The highest BCUT2D eigenvalue weighted by atomic mass is 16.5. The summed E-state index contributed by atoms with van der Waals surface area (Å²) in [6.07, 6.45) is 3.85. The van der Waals surface area contributed by atoms with Gasteiger partial charge in [-0.3, -0.25) is 0 Å². The summed E-state index contributed by atoms with van der Waals surface area (Å²) in [5.74, 6) is 1.83. The van der Waals surface area contributed by atoms with Crippen molar-refractivity contribution in [1.29, 1.82) is 0 Å². The van der Waals surface area contributed by atoms with Crippen molar-refractivity contribution >= 4 is 0 Å². The van der Waals surface area contributed by atoms with Crippen molar-refractivity contribution in [3.63, 3.8) is 0 Å². The molecule has 0 bridgehead atoms. The molecule has 1 aliphatic heterocycles. The van der Waals surface area contributed by atoms with Gasteiger partial charge in [-0.1, -0.05) is 12.1 Å². The van der Waals surface area contributed by atoms with E-state index in [4.69, 9.17) is 4.74 Å². The molecule has 0 aliphatic carbocycles. The van der Waals surface area contributed by atoms with E-state index in [1.165, 1.54) is 37.9 Å². The SMILES string of the molecule is COc1cccc(CC2CCN(C)CC2)c1.